The van der Waals surface area contributed by atoms with Crippen molar-refractivity contribution in [2.75, 3.05) is 6.54 Å². The molecule has 1 saturated heterocycles. The SMILES string of the molecule is CCCC(Cl)C1CN(NC(=O)c2ccccc2)C(=O)C1(Cl)Cl. The maximum absolute atomic E-state index is 12.3. The van der Waals surface area contributed by atoms with Crippen molar-refractivity contribution < 1.29 is 9.59 Å². The van der Waals surface area contributed by atoms with Gasteiger partial charge in [-0.05, 0) is 18.6 Å². The zero-order valence-electron chi connectivity index (χ0n) is 12.1. The number of nitrogens with zero attached hydrogens (tertiary/aromatic N) is 1. The van der Waals surface area contributed by atoms with Crippen molar-refractivity contribution in [2.24, 2.45) is 5.92 Å². The summed E-state index contributed by atoms with van der Waals surface area (Å²) < 4.78 is -1.62. The van der Waals surface area contributed by atoms with Crippen LogP contribution in [0.2, 0.25) is 0 Å². The van der Waals surface area contributed by atoms with Gasteiger partial charge in [0.05, 0.1) is 6.54 Å². The van der Waals surface area contributed by atoms with Gasteiger partial charge in [-0.15, -0.1) is 11.6 Å². The van der Waals surface area contributed by atoms with Crippen LogP contribution in [-0.2, 0) is 4.79 Å². The number of carbonyl (C=O) groups is 2. The third kappa shape index (κ3) is 3.50. The molecule has 1 fully saturated rings. The number of rotatable bonds is 5. The minimum absolute atomic E-state index is 0.193. The summed E-state index contributed by atoms with van der Waals surface area (Å²) in [6.45, 7) is 2.18. The summed E-state index contributed by atoms with van der Waals surface area (Å²) >= 11 is 18.7. The van der Waals surface area contributed by atoms with Crippen molar-refractivity contribution in [1.29, 1.82) is 0 Å². The molecule has 0 bridgehead atoms. The van der Waals surface area contributed by atoms with Crippen LogP contribution in [0.25, 0.3) is 0 Å². The van der Waals surface area contributed by atoms with Gasteiger partial charge < -0.3 is 0 Å². The molecule has 0 saturated carbocycles. The fourth-order valence-corrected chi connectivity index (χ4v) is 3.69. The number of benzene rings is 1. The third-order valence-corrected chi connectivity index (χ3v) is 5.06. The summed E-state index contributed by atoms with van der Waals surface area (Å²) in [4.78, 5) is 24.4. The van der Waals surface area contributed by atoms with Gasteiger partial charge in [-0.2, -0.15) is 0 Å². The average Bonchev–Trinajstić information content (AvgIpc) is 2.72. The lowest BCUT2D eigenvalue weighted by Gasteiger charge is -2.22. The van der Waals surface area contributed by atoms with Gasteiger partial charge in [0.2, 0.25) is 4.33 Å². The Kier molecular flexibility index (Phi) is 5.59. The molecule has 0 spiro atoms. The summed E-state index contributed by atoms with van der Waals surface area (Å²) in [5, 5.41) is 0.827. The molecule has 2 atom stereocenters. The number of halogens is 3. The first kappa shape index (κ1) is 17.4. The Hall–Kier alpha value is -0.970. The van der Waals surface area contributed by atoms with Crippen molar-refractivity contribution in [3.8, 4) is 0 Å². The third-order valence-electron chi connectivity index (χ3n) is 3.65. The largest absolute Gasteiger partial charge is 0.277 e. The van der Waals surface area contributed by atoms with Crippen molar-refractivity contribution in [3.05, 3.63) is 35.9 Å². The maximum Gasteiger partial charge on any atom is 0.277 e. The lowest BCUT2D eigenvalue weighted by molar-refractivity contribution is -0.130. The predicted octanol–water partition coefficient (Wildman–Crippen LogP) is 3.37. The van der Waals surface area contributed by atoms with Crippen LogP contribution in [0.15, 0.2) is 30.3 Å². The number of carbonyl (C=O) groups excluding carboxylic acids is 2. The zero-order chi connectivity index (χ0) is 16.3. The number of hydrazine groups is 1. The van der Waals surface area contributed by atoms with E-state index in [2.05, 4.69) is 5.43 Å². The van der Waals surface area contributed by atoms with Gasteiger partial charge in [0, 0.05) is 16.9 Å². The van der Waals surface area contributed by atoms with Crippen LogP contribution in [0.3, 0.4) is 0 Å². The smallest absolute Gasteiger partial charge is 0.269 e. The second-order valence-electron chi connectivity index (χ2n) is 5.26. The van der Waals surface area contributed by atoms with E-state index in [4.69, 9.17) is 34.8 Å². The van der Waals surface area contributed by atoms with Gasteiger partial charge in [0.15, 0.2) is 0 Å². The maximum atomic E-state index is 12.3. The van der Waals surface area contributed by atoms with Crippen molar-refractivity contribution in [1.82, 2.24) is 10.4 Å². The van der Waals surface area contributed by atoms with Crippen LogP contribution in [0, 0.1) is 5.92 Å². The predicted molar refractivity (Wildman–Crippen MR) is 88.1 cm³/mol. The molecule has 2 unspecified atom stereocenters. The quantitative estimate of drug-likeness (QED) is 0.815. The van der Waals surface area contributed by atoms with Crippen LogP contribution in [-0.4, -0.2) is 33.1 Å². The van der Waals surface area contributed by atoms with E-state index in [0.29, 0.717) is 12.0 Å². The molecule has 1 aliphatic heterocycles. The van der Waals surface area contributed by atoms with Crippen LogP contribution in [0.1, 0.15) is 30.1 Å². The van der Waals surface area contributed by atoms with Gasteiger partial charge in [0.1, 0.15) is 0 Å². The molecule has 4 nitrogen and oxygen atoms in total. The Balaban J connectivity index is 2.10. The van der Waals surface area contributed by atoms with Gasteiger partial charge in [-0.1, -0.05) is 54.7 Å². The number of amides is 2. The summed E-state index contributed by atoms with van der Waals surface area (Å²) in [6.07, 6.45) is 1.56. The Labute approximate surface area is 144 Å². The first-order valence-corrected chi connectivity index (χ1v) is 8.27. The average molecular weight is 364 g/mol. The molecule has 1 aliphatic rings. The van der Waals surface area contributed by atoms with Crippen LogP contribution in [0.5, 0.6) is 0 Å². The summed E-state index contributed by atoms with van der Waals surface area (Å²) in [7, 11) is 0. The molecule has 2 amide bonds. The molecule has 1 aromatic carbocycles. The van der Waals surface area contributed by atoms with Crippen molar-refractivity contribution >= 4 is 46.6 Å². The van der Waals surface area contributed by atoms with E-state index in [0.717, 1.165) is 11.4 Å². The second-order valence-corrected chi connectivity index (χ2v) is 7.20. The Morgan fingerprint density at radius 2 is 2.05 bits per heavy atom. The summed E-state index contributed by atoms with van der Waals surface area (Å²) in [5.74, 6) is -1.38. The summed E-state index contributed by atoms with van der Waals surface area (Å²) in [6, 6.07) is 8.60. The molecule has 2 rings (SSSR count). The van der Waals surface area contributed by atoms with Crippen molar-refractivity contribution in [2.45, 2.75) is 29.5 Å². The molecule has 1 heterocycles. The molecule has 1 aromatic rings. The van der Waals surface area contributed by atoms with E-state index in [1.54, 1.807) is 30.3 Å². The van der Waals surface area contributed by atoms with E-state index in [9.17, 15) is 9.59 Å². The zero-order valence-corrected chi connectivity index (χ0v) is 14.3. The van der Waals surface area contributed by atoms with Gasteiger partial charge in [-0.3, -0.25) is 20.0 Å². The lowest BCUT2D eigenvalue weighted by atomic mass is 10.00. The first-order valence-electron chi connectivity index (χ1n) is 7.07. The Bertz CT molecular complexity index is 551. The second kappa shape index (κ2) is 7.07. The van der Waals surface area contributed by atoms with E-state index in [1.807, 2.05) is 6.92 Å². The highest BCUT2D eigenvalue weighted by molar-refractivity contribution is 6.59. The number of alkyl halides is 3. The van der Waals surface area contributed by atoms with Gasteiger partial charge in [0.25, 0.3) is 11.8 Å². The van der Waals surface area contributed by atoms with Crippen LogP contribution >= 0.6 is 34.8 Å². The molecule has 120 valence electrons. The molecular formula is C15H17Cl3N2O2. The fourth-order valence-electron chi connectivity index (χ4n) is 2.42. The molecule has 0 radical (unpaired) electrons. The van der Waals surface area contributed by atoms with E-state index in [-0.39, 0.29) is 17.8 Å². The van der Waals surface area contributed by atoms with E-state index >= 15 is 0 Å². The summed E-state index contributed by atoms with van der Waals surface area (Å²) in [5.41, 5.74) is 2.99. The monoisotopic (exact) mass is 362 g/mol. The molecule has 22 heavy (non-hydrogen) atoms. The molecule has 1 N–H and O–H groups in total. The fraction of sp³-hybridized carbons (Fsp3) is 0.467. The van der Waals surface area contributed by atoms with Crippen LogP contribution < -0.4 is 5.43 Å². The highest BCUT2D eigenvalue weighted by Gasteiger charge is 2.54. The van der Waals surface area contributed by atoms with Crippen molar-refractivity contribution in [3.63, 3.8) is 0 Å². The molecule has 7 heteroatoms. The lowest BCUT2D eigenvalue weighted by Crippen LogP contribution is -2.45. The standard InChI is InChI=1S/C15H17Cl3N2O2/c1-2-6-12(16)11-9-20(14(22)15(11,17)18)19-13(21)10-7-4-3-5-8-10/h3-5,7-8,11-12H,2,6,9H2,1H3,(H,19,21). The number of hydrogen-bond donors (Lipinski definition) is 1. The topological polar surface area (TPSA) is 49.4 Å². The highest BCUT2D eigenvalue weighted by atomic mass is 35.5. The molecule has 0 aromatic heterocycles. The van der Waals surface area contributed by atoms with E-state index in [1.165, 1.54) is 0 Å². The highest BCUT2D eigenvalue weighted by Crippen LogP contribution is 2.42. The van der Waals surface area contributed by atoms with Gasteiger partial charge >= 0.3 is 0 Å². The minimum Gasteiger partial charge on any atom is -0.269 e. The Morgan fingerprint density at radius 3 is 2.64 bits per heavy atom. The number of hydrogen-bond acceptors (Lipinski definition) is 2. The Morgan fingerprint density at radius 1 is 1.41 bits per heavy atom. The van der Waals surface area contributed by atoms with E-state index < -0.39 is 16.2 Å². The van der Waals surface area contributed by atoms with Gasteiger partial charge in [-0.25, -0.2) is 0 Å². The first-order chi connectivity index (χ1) is 10.4. The molecular weight excluding hydrogens is 347 g/mol. The van der Waals surface area contributed by atoms with Crippen LogP contribution in [0.4, 0.5) is 0 Å². The minimum atomic E-state index is -1.62. The normalized spacial score (nSPS) is 21.7. The number of nitrogens with one attached hydrogen (secondary N) is 1. The molecule has 0 aliphatic carbocycles.